The van der Waals surface area contributed by atoms with Crippen molar-refractivity contribution in [3.63, 3.8) is 0 Å². The first kappa shape index (κ1) is 19.0. The van der Waals surface area contributed by atoms with Crippen LogP contribution in [0.4, 0.5) is 0 Å². The molecule has 16 heavy (non-hydrogen) atoms. The van der Waals surface area contributed by atoms with Gasteiger partial charge < -0.3 is 0 Å². The zero-order valence-electron chi connectivity index (χ0n) is 10.7. The van der Waals surface area contributed by atoms with Gasteiger partial charge in [0.05, 0.1) is 6.61 Å². The van der Waals surface area contributed by atoms with E-state index in [9.17, 15) is 4.57 Å². The summed E-state index contributed by atoms with van der Waals surface area (Å²) in [5, 5.41) is 0. The zero-order chi connectivity index (χ0) is 11.2. The smallest absolute Gasteiger partial charge is 0.294 e. The normalized spacial score (nSPS) is 10.3. The molecule has 2 nitrogen and oxygen atoms in total. The van der Waals surface area contributed by atoms with Crippen LogP contribution in [0.5, 0.6) is 0 Å². The van der Waals surface area contributed by atoms with E-state index < -0.39 is 0 Å². The van der Waals surface area contributed by atoms with Crippen molar-refractivity contribution in [2.24, 2.45) is 0 Å². The van der Waals surface area contributed by atoms with Crippen LogP contribution >= 0.6 is 8.69 Å². The molecule has 0 aromatic rings. The van der Waals surface area contributed by atoms with Crippen molar-refractivity contribution >= 4 is 8.69 Å². The third kappa shape index (κ3) is 17.1. The van der Waals surface area contributed by atoms with E-state index >= 15 is 0 Å². The molecule has 0 aliphatic carbocycles. The van der Waals surface area contributed by atoms with Crippen LogP contribution in [0.1, 0.15) is 71.1 Å². The molecule has 0 saturated carbocycles. The first-order chi connectivity index (χ1) is 7.41. The third-order valence-corrected chi connectivity index (χ3v) is 2.93. The molecule has 0 spiro atoms. The monoisotopic (exact) mass is 296 g/mol. The van der Waals surface area contributed by atoms with Gasteiger partial charge in [0.2, 0.25) is 0 Å². The van der Waals surface area contributed by atoms with Crippen molar-refractivity contribution in [1.82, 2.24) is 0 Å². The van der Waals surface area contributed by atoms with Crippen molar-refractivity contribution in [2.75, 3.05) is 6.61 Å². The Bertz CT molecular complexity index is 134. The predicted octanol–water partition coefficient (Wildman–Crippen LogP) is 5.13. The van der Waals surface area contributed by atoms with Gasteiger partial charge in [-0.1, -0.05) is 64.7 Å². The molecule has 0 radical (unpaired) electrons. The molecular formula is C12H25O2PZn. The summed E-state index contributed by atoms with van der Waals surface area (Å²) in [6.45, 7) is 2.89. The van der Waals surface area contributed by atoms with Crippen LogP contribution < -0.4 is 0 Å². The Morgan fingerprint density at radius 2 is 1.25 bits per heavy atom. The molecule has 0 atom stereocenters. The Balaban J connectivity index is 0. The Morgan fingerprint density at radius 1 is 0.812 bits per heavy atom. The van der Waals surface area contributed by atoms with Gasteiger partial charge >= 0.3 is 8.69 Å². The molecule has 92 valence electrons. The van der Waals surface area contributed by atoms with Crippen molar-refractivity contribution < 1.29 is 28.6 Å². The molecule has 0 saturated heterocycles. The topological polar surface area (TPSA) is 26.3 Å². The van der Waals surface area contributed by atoms with Gasteiger partial charge in [-0.3, -0.25) is 4.52 Å². The number of unbranched alkanes of at least 4 members (excludes halogenated alkanes) is 9. The van der Waals surface area contributed by atoms with Gasteiger partial charge in [-0.05, 0) is 6.42 Å². The standard InChI is InChI=1S/C12H25O2P.Zn/c1-2-3-4-5-6-7-8-9-10-11-12-14-15-13;/h2-12H2,1H3;. The summed E-state index contributed by atoms with van der Waals surface area (Å²) >= 11 is 0. The van der Waals surface area contributed by atoms with Crippen LogP contribution in [-0.2, 0) is 28.6 Å². The van der Waals surface area contributed by atoms with Crippen LogP contribution in [-0.4, -0.2) is 6.61 Å². The molecule has 0 bridgehead atoms. The Morgan fingerprint density at radius 3 is 1.69 bits per heavy atom. The fourth-order valence-corrected chi connectivity index (χ4v) is 1.89. The van der Waals surface area contributed by atoms with Crippen molar-refractivity contribution in [3.8, 4) is 0 Å². The minimum Gasteiger partial charge on any atom is -0.294 e. The third-order valence-electron chi connectivity index (χ3n) is 2.64. The van der Waals surface area contributed by atoms with E-state index in [1.807, 2.05) is 0 Å². The zero-order valence-corrected chi connectivity index (χ0v) is 14.6. The van der Waals surface area contributed by atoms with E-state index in [1.54, 1.807) is 0 Å². The van der Waals surface area contributed by atoms with Gasteiger partial charge in [-0.15, -0.1) is 0 Å². The first-order valence-corrected chi connectivity index (χ1v) is 7.09. The molecule has 0 aromatic heterocycles. The van der Waals surface area contributed by atoms with Gasteiger partial charge in [0, 0.05) is 19.5 Å². The van der Waals surface area contributed by atoms with Crippen LogP contribution in [0.2, 0.25) is 0 Å². The quantitative estimate of drug-likeness (QED) is 0.284. The van der Waals surface area contributed by atoms with Gasteiger partial charge in [0.1, 0.15) is 0 Å². The second-order valence-electron chi connectivity index (χ2n) is 4.09. The van der Waals surface area contributed by atoms with E-state index in [4.69, 9.17) is 4.52 Å². The van der Waals surface area contributed by atoms with Crippen molar-refractivity contribution in [3.05, 3.63) is 0 Å². The summed E-state index contributed by atoms with van der Waals surface area (Å²) in [7, 11) is -0.175. The maximum Gasteiger partial charge on any atom is 0.327 e. The molecule has 0 amide bonds. The first-order valence-electron chi connectivity index (χ1n) is 6.36. The minimum atomic E-state index is -0.175. The maximum absolute atomic E-state index is 9.94. The average Bonchev–Trinajstić information content (AvgIpc) is 2.26. The van der Waals surface area contributed by atoms with E-state index in [2.05, 4.69) is 6.92 Å². The van der Waals surface area contributed by atoms with Crippen LogP contribution in [0.25, 0.3) is 0 Å². The van der Waals surface area contributed by atoms with E-state index in [-0.39, 0.29) is 28.2 Å². The second kappa shape index (κ2) is 18.1. The van der Waals surface area contributed by atoms with Crippen LogP contribution in [0.15, 0.2) is 0 Å². The number of hydrogen-bond donors (Lipinski definition) is 0. The van der Waals surface area contributed by atoms with Crippen LogP contribution in [0.3, 0.4) is 0 Å². The molecule has 4 heteroatoms. The molecule has 0 aliphatic heterocycles. The van der Waals surface area contributed by atoms with Gasteiger partial charge in [0.15, 0.2) is 0 Å². The Hall–Kier alpha value is 0.683. The van der Waals surface area contributed by atoms with Crippen molar-refractivity contribution in [2.45, 2.75) is 71.1 Å². The molecule has 0 aliphatic rings. The summed E-state index contributed by atoms with van der Waals surface area (Å²) in [6, 6.07) is 0. The van der Waals surface area contributed by atoms with Gasteiger partial charge in [-0.2, -0.15) is 0 Å². The molecule has 0 heterocycles. The Labute approximate surface area is 115 Å². The SMILES string of the molecule is CCCCCCCCCCCCOP=O.[Zn]. The van der Waals surface area contributed by atoms with Gasteiger partial charge in [-0.25, -0.2) is 4.57 Å². The summed E-state index contributed by atoms with van der Waals surface area (Å²) in [5.41, 5.74) is 0. The number of hydrogen-bond acceptors (Lipinski definition) is 2. The summed E-state index contributed by atoms with van der Waals surface area (Å²) in [4.78, 5) is 0. The molecule has 0 fully saturated rings. The largest absolute Gasteiger partial charge is 0.327 e. The molecular weight excluding hydrogens is 272 g/mol. The summed E-state index contributed by atoms with van der Waals surface area (Å²) in [6.07, 6.45) is 13.2. The Kier molecular flexibility index (Phi) is 21.5. The fourth-order valence-electron chi connectivity index (χ4n) is 1.69. The van der Waals surface area contributed by atoms with Crippen LogP contribution in [0, 0.1) is 0 Å². The second-order valence-corrected chi connectivity index (χ2v) is 4.50. The molecule has 0 N–H and O–H groups in total. The fraction of sp³-hybridized carbons (Fsp3) is 1.00. The molecule has 0 unspecified atom stereocenters. The summed E-state index contributed by atoms with van der Waals surface area (Å²) < 4.78 is 14.7. The minimum absolute atomic E-state index is 0. The average molecular weight is 298 g/mol. The van der Waals surface area contributed by atoms with Crippen molar-refractivity contribution in [1.29, 1.82) is 0 Å². The van der Waals surface area contributed by atoms with Gasteiger partial charge in [0.25, 0.3) is 0 Å². The summed E-state index contributed by atoms with van der Waals surface area (Å²) in [5.74, 6) is 0. The van der Waals surface area contributed by atoms with E-state index in [0.29, 0.717) is 6.61 Å². The predicted molar refractivity (Wildman–Crippen MR) is 65.4 cm³/mol. The molecule has 0 rings (SSSR count). The van der Waals surface area contributed by atoms with E-state index in [0.717, 1.165) is 6.42 Å². The van der Waals surface area contributed by atoms with E-state index in [1.165, 1.54) is 57.8 Å². The maximum atomic E-state index is 9.94. The molecule has 0 aromatic carbocycles. The number of rotatable bonds is 12.